The standard InChI is InChI=1S/C19H27F3N4O2.HI/c1-23-18(25-12-17(27)26-9-3-2-4-10-26)24-11-15-5-7-16(8-6-15)13-28-14-19(20,21)22;/h5-8H,2-4,9-14H2,1H3,(H2,23,24,25);1H. The maximum Gasteiger partial charge on any atom is 0.411 e. The molecule has 0 aliphatic carbocycles. The van der Waals surface area contributed by atoms with Crippen LogP contribution in [-0.4, -0.2) is 56.2 Å². The number of rotatable bonds is 7. The Balaban J connectivity index is 0.00000420. The van der Waals surface area contributed by atoms with E-state index < -0.39 is 12.8 Å². The number of halogens is 4. The van der Waals surface area contributed by atoms with Gasteiger partial charge in [-0.25, -0.2) is 0 Å². The van der Waals surface area contributed by atoms with Crippen molar-refractivity contribution in [3.05, 3.63) is 35.4 Å². The maximum atomic E-state index is 12.2. The molecule has 1 amide bonds. The molecule has 0 saturated carbocycles. The van der Waals surface area contributed by atoms with Crippen LogP contribution in [0.3, 0.4) is 0 Å². The highest BCUT2D eigenvalue weighted by molar-refractivity contribution is 14.0. The molecule has 164 valence electrons. The Morgan fingerprint density at radius 1 is 1.10 bits per heavy atom. The SMILES string of the molecule is CN=C(NCC(=O)N1CCCCC1)NCc1ccc(COCC(F)(F)F)cc1.I. The molecule has 0 bridgehead atoms. The van der Waals surface area contributed by atoms with Crippen molar-refractivity contribution < 1.29 is 22.7 Å². The lowest BCUT2D eigenvalue weighted by Crippen LogP contribution is -2.45. The van der Waals surface area contributed by atoms with Crippen molar-refractivity contribution in [3.8, 4) is 0 Å². The molecule has 1 aliphatic heterocycles. The van der Waals surface area contributed by atoms with E-state index in [-0.39, 0.29) is 43.0 Å². The molecule has 0 unspecified atom stereocenters. The molecule has 0 radical (unpaired) electrons. The van der Waals surface area contributed by atoms with Crippen LogP contribution in [0.25, 0.3) is 0 Å². The van der Waals surface area contributed by atoms with Gasteiger partial charge < -0.3 is 20.3 Å². The van der Waals surface area contributed by atoms with Gasteiger partial charge in [0.1, 0.15) is 6.61 Å². The Morgan fingerprint density at radius 3 is 2.31 bits per heavy atom. The van der Waals surface area contributed by atoms with E-state index in [1.165, 1.54) is 6.42 Å². The molecule has 1 aromatic carbocycles. The summed E-state index contributed by atoms with van der Waals surface area (Å²) in [7, 11) is 1.63. The fourth-order valence-corrected chi connectivity index (χ4v) is 2.86. The second-order valence-corrected chi connectivity index (χ2v) is 6.65. The number of benzene rings is 1. The molecule has 1 fully saturated rings. The number of amides is 1. The van der Waals surface area contributed by atoms with Crippen LogP contribution in [-0.2, 0) is 22.7 Å². The quantitative estimate of drug-likeness (QED) is 0.325. The number of aliphatic imine (C=N–C) groups is 1. The monoisotopic (exact) mass is 528 g/mol. The van der Waals surface area contributed by atoms with E-state index in [0.29, 0.717) is 18.1 Å². The van der Waals surface area contributed by atoms with Crippen LogP contribution in [0, 0.1) is 0 Å². The van der Waals surface area contributed by atoms with Gasteiger partial charge in [-0.05, 0) is 30.4 Å². The second-order valence-electron chi connectivity index (χ2n) is 6.65. The first-order chi connectivity index (χ1) is 13.4. The molecule has 6 nitrogen and oxygen atoms in total. The number of ether oxygens (including phenoxy) is 1. The van der Waals surface area contributed by atoms with Gasteiger partial charge in [0.15, 0.2) is 5.96 Å². The predicted octanol–water partition coefficient (Wildman–Crippen LogP) is 3.06. The van der Waals surface area contributed by atoms with Crippen LogP contribution in [0.1, 0.15) is 30.4 Å². The Kier molecular flexibility index (Phi) is 11.3. The normalized spacial score (nSPS) is 14.9. The van der Waals surface area contributed by atoms with Gasteiger partial charge in [0.2, 0.25) is 5.91 Å². The van der Waals surface area contributed by atoms with E-state index in [4.69, 9.17) is 0 Å². The van der Waals surface area contributed by atoms with E-state index in [9.17, 15) is 18.0 Å². The van der Waals surface area contributed by atoms with Gasteiger partial charge in [-0.2, -0.15) is 13.2 Å². The highest BCUT2D eigenvalue weighted by Gasteiger charge is 2.27. The number of alkyl halides is 3. The van der Waals surface area contributed by atoms with Gasteiger partial charge >= 0.3 is 6.18 Å². The van der Waals surface area contributed by atoms with Gasteiger partial charge in [-0.15, -0.1) is 24.0 Å². The molecule has 1 aliphatic rings. The van der Waals surface area contributed by atoms with Crippen molar-refractivity contribution in [1.82, 2.24) is 15.5 Å². The lowest BCUT2D eigenvalue weighted by atomic mass is 10.1. The minimum Gasteiger partial charge on any atom is -0.367 e. The molecule has 0 atom stereocenters. The number of likely N-dealkylation sites (tertiary alicyclic amines) is 1. The van der Waals surface area contributed by atoms with Crippen molar-refractivity contribution in [1.29, 1.82) is 0 Å². The lowest BCUT2D eigenvalue weighted by Gasteiger charge is -2.27. The summed E-state index contributed by atoms with van der Waals surface area (Å²) in [6, 6.07) is 7.07. The summed E-state index contributed by atoms with van der Waals surface area (Å²) < 4.78 is 40.9. The Bertz CT molecular complexity index is 648. The third-order valence-electron chi connectivity index (χ3n) is 4.36. The number of nitrogens with one attached hydrogen (secondary N) is 2. The van der Waals surface area contributed by atoms with Crippen molar-refractivity contribution in [2.24, 2.45) is 4.99 Å². The smallest absolute Gasteiger partial charge is 0.367 e. The van der Waals surface area contributed by atoms with Crippen LogP contribution in [0.4, 0.5) is 13.2 Å². The van der Waals surface area contributed by atoms with Gasteiger partial charge in [-0.3, -0.25) is 9.79 Å². The number of hydrogen-bond acceptors (Lipinski definition) is 3. The van der Waals surface area contributed by atoms with E-state index in [2.05, 4.69) is 20.4 Å². The van der Waals surface area contributed by atoms with Crippen molar-refractivity contribution in [3.63, 3.8) is 0 Å². The molecule has 2 rings (SSSR count). The van der Waals surface area contributed by atoms with Crippen LogP contribution < -0.4 is 10.6 Å². The first kappa shape index (κ1) is 25.5. The molecular weight excluding hydrogens is 500 g/mol. The summed E-state index contributed by atoms with van der Waals surface area (Å²) in [6.07, 6.45) is -1.04. The first-order valence-corrected chi connectivity index (χ1v) is 9.32. The van der Waals surface area contributed by atoms with Crippen LogP contribution in [0.5, 0.6) is 0 Å². The van der Waals surface area contributed by atoms with Crippen LogP contribution >= 0.6 is 24.0 Å². The van der Waals surface area contributed by atoms with Gasteiger partial charge in [0.05, 0.1) is 13.2 Å². The third kappa shape index (κ3) is 10.2. The second kappa shape index (κ2) is 12.9. The molecule has 10 heteroatoms. The highest BCUT2D eigenvalue weighted by atomic mass is 127. The number of piperidine rings is 1. The number of hydrogen-bond donors (Lipinski definition) is 2. The van der Waals surface area contributed by atoms with E-state index in [1.807, 2.05) is 17.0 Å². The number of carbonyl (C=O) groups is 1. The molecular formula is C19H28F3IN4O2. The van der Waals surface area contributed by atoms with Crippen LogP contribution in [0.2, 0.25) is 0 Å². The highest BCUT2D eigenvalue weighted by Crippen LogP contribution is 2.15. The predicted molar refractivity (Wildman–Crippen MR) is 116 cm³/mol. The van der Waals surface area contributed by atoms with Gasteiger partial charge in [-0.1, -0.05) is 24.3 Å². The minimum atomic E-state index is -4.32. The third-order valence-corrected chi connectivity index (χ3v) is 4.36. The summed E-state index contributed by atoms with van der Waals surface area (Å²) in [6.45, 7) is 0.942. The van der Waals surface area contributed by atoms with Gasteiger partial charge in [0.25, 0.3) is 0 Å². The lowest BCUT2D eigenvalue weighted by molar-refractivity contribution is -0.176. The Morgan fingerprint density at radius 2 is 1.72 bits per heavy atom. The Labute approximate surface area is 186 Å². The number of guanidine groups is 1. The largest absolute Gasteiger partial charge is 0.411 e. The topological polar surface area (TPSA) is 66.0 Å². The fraction of sp³-hybridized carbons (Fsp3) is 0.579. The van der Waals surface area contributed by atoms with Crippen LogP contribution in [0.15, 0.2) is 29.3 Å². The number of nitrogens with zero attached hydrogens (tertiary/aromatic N) is 2. The van der Waals surface area contributed by atoms with Crippen molar-refractivity contribution in [2.75, 3.05) is 33.3 Å². The van der Waals surface area contributed by atoms with E-state index in [0.717, 1.165) is 31.5 Å². The summed E-state index contributed by atoms with van der Waals surface area (Å²) in [5.41, 5.74) is 1.60. The maximum absolute atomic E-state index is 12.2. The number of carbonyl (C=O) groups excluding carboxylic acids is 1. The molecule has 2 N–H and O–H groups in total. The summed E-state index contributed by atoms with van der Waals surface area (Å²) in [5.74, 6) is 0.578. The van der Waals surface area contributed by atoms with Crippen molar-refractivity contribution >= 4 is 35.8 Å². The zero-order valence-corrected chi connectivity index (χ0v) is 18.8. The average Bonchev–Trinajstić information content (AvgIpc) is 2.68. The molecule has 29 heavy (non-hydrogen) atoms. The Hall–Kier alpha value is -1.56. The van der Waals surface area contributed by atoms with Gasteiger partial charge in [0, 0.05) is 26.7 Å². The summed E-state index contributed by atoms with van der Waals surface area (Å²) in [5, 5.41) is 6.13. The summed E-state index contributed by atoms with van der Waals surface area (Å²) in [4.78, 5) is 18.1. The molecule has 0 aromatic heterocycles. The van der Waals surface area contributed by atoms with Crippen molar-refractivity contribution in [2.45, 2.75) is 38.6 Å². The average molecular weight is 528 g/mol. The zero-order chi connectivity index (χ0) is 20.4. The molecule has 1 heterocycles. The van der Waals surface area contributed by atoms with E-state index in [1.54, 1.807) is 19.2 Å². The summed E-state index contributed by atoms with van der Waals surface area (Å²) >= 11 is 0. The molecule has 0 spiro atoms. The fourth-order valence-electron chi connectivity index (χ4n) is 2.86. The first-order valence-electron chi connectivity index (χ1n) is 9.32. The zero-order valence-electron chi connectivity index (χ0n) is 16.4. The van der Waals surface area contributed by atoms with E-state index >= 15 is 0 Å². The molecule has 1 aromatic rings. The minimum absolute atomic E-state index is 0. The molecule has 1 saturated heterocycles.